The van der Waals surface area contributed by atoms with E-state index in [1.807, 2.05) is 19.9 Å². The maximum atomic E-state index is 12.6. The number of aromatic nitrogens is 5. The van der Waals surface area contributed by atoms with Crippen LogP contribution in [0.4, 0.5) is 5.69 Å². The van der Waals surface area contributed by atoms with E-state index < -0.39 is 5.91 Å². The number of nitrogens with one attached hydrogen (secondary N) is 2. The molecule has 0 saturated carbocycles. The van der Waals surface area contributed by atoms with Crippen LogP contribution in [0.1, 0.15) is 32.2 Å². The van der Waals surface area contributed by atoms with E-state index in [-0.39, 0.29) is 11.6 Å². The van der Waals surface area contributed by atoms with E-state index in [0.29, 0.717) is 16.9 Å². The number of hydrogen-bond donors (Lipinski definition) is 2. The van der Waals surface area contributed by atoms with Crippen LogP contribution in [0.3, 0.4) is 0 Å². The molecule has 0 atom stereocenters. The fourth-order valence-corrected chi connectivity index (χ4v) is 2.49. The van der Waals surface area contributed by atoms with Gasteiger partial charge in [-0.1, -0.05) is 0 Å². The van der Waals surface area contributed by atoms with Crippen LogP contribution in [0.25, 0.3) is 5.65 Å². The van der Waals surface area contributed by atoms with Crippen molar-refractivity contribution >= 4 is 23.1 Å². The van der Waals surface area contributed by atoms with E-state index in [0.717, 1.165) is 11.4 Å². The molecule has 0 saturated heterocycles. The quantitative estimate of drug-likeness (QED) is 0.736. The number of carbonyl (C=O) groups excluding carboxylic acids is 2. The molecule has 3 aromatic heterocycles. The Balaban J connectivity index is 1.98. The first-order valence-corrected chi connectivity index (χ1v) is 7.29. The Labute approximate surface area is 137 Å². The molecule has 0 radical (unpaired) electrons. The Morgan fingerprint density at radius 2 is 1.96 bits per heavy atom. The summed E-state index contributed by atoms with van der Waals surface area (Å²) in [6.45, 7) is 3.74. The van der Waals surface area contributed by atoms with Crippen LogP contribution in [0.5, 0.6) is 0 Å². The van der Waals surface area contributed by atoms with Crippen LogP contribution in [-0.2, 0) is 7.05 Å². The highest BCUT2D eigenvalue weighted by atomic mass is 16.2. The molecule has 0 bridgehead atoms. The summed E-state index contributed by atoms with van der Waals surface area (Å²) in [6.07, 6.45) is 3.03. The molecule has 0 aliphatic rings. The summed E-state index contributed by atoms with van der Waals surface area (Å²) in [5, 5.41) is 13.5. The Morgan fingerprint density at radius 1 is 1.21 bits per heavy atom. The van der Waals surface area contributed by atoms with Crippen molar-refractivity contribution in [3.8, 4) is 0 Å². The van der Waals surface area contributed by atoms with Crippen LogP contribution < -0.4 is 10.6 Å². The number of anilines is 1. The van der Waals surface area contributed by atoms with Gasteiger partial charge in [-0.05, 0) is 19.9 Å². The van der Waals surface area contributed by atoms with E-state index in [9.17, 15) is 9.59 Å². The smallest absolute Gasteiger partial charge is 0.273 e. The predicted molar refractivity (Wildman–Crippen MR) is 87.0 cm³/mol. The van der Waals surface area contributed by atoms with Gasteiger partial charge >= 0.3 is 0 Å². The minimum absolute atomic E-state index is 0.144. The molecule has 0 fully saturated rings. The Hall–Kier alpha value is -3.23. The fraction of sp³-hybridized carbons (Fsp3) is 0.267. The van der Waals surface area contributed by atoms with E-state index in [1.165, 1.54) is 17.9 Å². The molecule has 0 aliphatic carbocycles. The van der Waals surface area contributed by atoms with Gasteiger partial charge in [0.25, 0.3) is 11.8 Å². The standard InChI is InChI=1S/C15H17N7O2/c1-8-5-9(2)22-13(18-8)10(6-17-22)14(23)19-11-7-21(4)20-12(11)15(24)16-3/h5-7H,1-4H3,(H,16,24)(H,19,23). The van der Waals surface area contributed by atoms with Gasteiger partial charge in [0.15, 0.2) is 11.3 Å². The van der Waals surface area contributed by atoms with Crippen molar-refractivity contribution in [2.75, 3.05) is 12.4 Å². The zero-order valence-corrected chi connectivity index (χ0v) is 13.8. The van der Waals surface area contributed by atoms with Crippen LogP contribution in [0.15, 0.2) is 18.5 Å². The van der Waals surface area contributed by atoms with E-state index in [4.69, 9.17) is 0 Å². The van der Waals surface area contributed by atoms with E-state index in [1.54, 1.807) is 17.8 Å². The van der Waals surface area contributed by atoms with Gasteiger partial charge in [0, 0.05) is 31.7 Å². The third-order valence-corrected chi connectivity index (χ3v) is 3.54. The van der Waals surface area contributed by atoms with Gasteiger partial charge in [0.05, 0.1) is 11.9 Å². The lowest BCUT2D eigenvalue weighted by Crippen LogP contribution is -2.21. The van der Waals surface area contributed by atoms with Crippen molar-refractivity contribution in [1.29, 1.82) is 0 Å². The summed E-state index contributed by atoms with van der Waals surface area (Å²) in [5.41, 5.74) is 2.94. The lowest BCUT2D eigenvalue weighted by atomic mass is 10.2. The molecule has 2 amide bonds. The maximum absolute atomic E-state index is 12.6. The van der Waals surface area contributed by atoms with Gasteiger partial charge in [0.2, 0.25) is 0 Å². The number of carbonyl (C=O) groups is 2. The minimum Gasteiger partial charge on any atom is -0.354 e. The number of aryl methyl sites for hydroxylation is 3. The molecule has 3 heterocycles. The molecule has 0 unspecified atom stereocenters. The van der Waals surface area contributed by atoms with Crippen molar-refractivity contribution in [1.82, 2.24) is 29.7 Å². The predicted octanol–water partition coefficient (Wildman–Crippen LogP) is 0.692. The van der Waals surface area contributed by atoms with Crippen molar-refractivity contribution < 1.29 is 9.59 Å². The highest BCUT2D eigenvalue weighted by Gasteiger charge is 2.20. The highest BCUT2D eigenvalue weighted by Crippen LogP contribution is 2.17. The molecule has 3 aromatic rings. The van der Waals surface area contributed by atoms with Gasteiger partial charge in [-0.3, -0.25) is 14.3 Å². The third-order valence-electron chi connectivity index (χ3n) is 3.54. The van der Waals surface area contributed by atoms with Gasteiger partial charge in [-0.2, -0.15) is 10.2 Å². The number of nitrogens with zero attached hydrogens (tertiary/aromatic N) is 5. The Bertz CT molecular complexity index is 954. The number of rotatable bonds is 3. The van der Waals surface area contributed by atoms with Crippen LogP contribution in [-0.4, -0.2) is 43.2 Å². The van der Waals surface area contributed by atoms with Crippen LogP contribution in [0, 0.1) is 13.8 Å². The first-order valence-electron chi connectivity index (χ1n) is 7.29. The zero-order chi connectivity index (χ0) is 17.4. The van der Waals surface area contributed by atoms with Crippen molar-refractivity contribution in [3.05, 3.63) is 41.1 Å². The largest absolute Gasteiger partial charge is 0.354 e. The average Bonchev–Trinajstić information content (AvgIpc) is 3.10. The number of fused-ring (bicyclic) bond motifs is 1. The van der Waals surface area contributed by atoms with Gasteiger partial charge in [-0.15, -0.1) is 0 Å². The second-order valence-electron chi connectivity index (χ2n) is 5.43. The lowest BCUT2D eigenvalue weighted by molar-refractivity contribution is 0.0958. The highest BCUT2D eigenvalue weighted by molar-refractivity contribution is 6.10. The van der Waals surface area contributed by atoms with Gasteiger partial charge < -0.3 is 10.6 Å². The van der Waals surface area contributed by atoms with Crippen molar-refractivity contribution in [2.45, 2.75) is 13.8 Å². The number of amides is 2. The molecular weight excluding hydrogens is 310 g/mol. The molecule has 24 heavy (non-hydrogen) atoms. The molecular formula is C15H17N7O2. The van der Waals surface area contributed by atoms with Gasteiger partial charge in [-0.25, -0.2) is 9.50 Å². The minimum atomic E-state index is -0.402. The van der Waals surface area contributed by atoms with E-state index in [2.05, 4.69) is 25.8 Å². The zero-order valence-electron chi connectivity index (χ0n) is 13.8. The summed E-state index contributed by atoms with van der Waals surface area (Å²) >= 11 is 0. The van der Waals surface area contributed by atoms with Crippen LogP contribution in [0.2, 0.25) is 0 Å². The maximum Gasteiger partial charge on any atom is 0.273 e. The molecule has 9 nitrogen and oxygen atoms in total. The molecule has 9 heteroatoms. The van der Waals surface area contributed by atoms with Gasteiger partial charge in [0.1, 0.15) is 5.56 Å². The first-order chi connectivity index (χ1) is 11.4. The summed E-state index contributed by atoms with van der Waals surface area (Å²) < 4.78 is 3.06. The summed E-state index contributed by atoms with van der Waals surface area (Å²) in [6, 6.07) is 1.88. The second kappa shape index (κ2) is 5.76. The summed E-state index contributed by atoms with van der Waals surface area (Å²) in [4.78, 5) is 28.8. The topological polar surface area (TPSA) is 106 Å². The van der Waals surface area contributed by atoms with Crippen molar-refractivity contribution in [3.63, 3.8) is 0 Å². The molecule has 0 spiro atoms. The third kappa shape index (κ3) is 2.60. The molecule has 3 rings (SSSR count). The lowest BCUT2D eigenvalue weighted by Gasteiger charge is -2.04. The van der Waals surface area contributed by atoms with Crippen molar-refractivity contribution in [2.24, 2.45) is 7.05 Å². The molecule has 0 aliphatic heterocycles. The normalized spacial score (nSPS) is 10.8. The number of hydrogen-bond acceptors (Lipinski definition) is 5. The molecule has 124 valence electrons. The monoisotopic (exact) mass is 327 g/mol. The fourth-order valence-electron chi connectivity index (χ4n) is 2.49. The molecule has 0 aromatic carbocycles. The summed E-state index contributed by atoms with van der Waals surface area (Å²) in [7, 11) is 3.18. The molecule has 2 N–H and O–H groups in total. The first kappa shape index (κ1) is 15.7. The average molecular weight is 327 g/mol. The van der Waals surface area contributed by atoms with E-state index >= 15 is 0 Å². The Morgan fingerprint density at radius 3 is 2.67 bits per heavy atom. The SMILES string of the molecule is CNC(=O)c1nn(C)cc1NC(=O)c1cnn2c(C)cc(C)nc12. The second-order valence-corrected chi connectivity index (χ2v) is 5.43. The summed E-state index contributed by atoms with van der Waals surface area (Å²) in [5.74, 6) is -0.781. The Kier molecular flexibility index (Phi) is 3.76. The van der Waals surface area contributed by atoms with Crippen LogP contribution >= 0.6 is 0 Å².